The van der Waals surface area contributed by atoms with Crippen molar-refractivity contribution >= 4 is 22.5 Å². The van der Waals surface area contributed by atoms with E-state index in [1.54, 1.807) is 10.6 Å². The number of benzene rings is 2. The third-order valence-electron chi connectivity index (χ3n) is 6.49. The molecule has 4 aromatic rings. The first-order valence-corrected chi connectivity index (χ1v) is 11.4. The lowest BCUT2D eigenvalue weighted by molar-refractivity contribution is 0.0952. The van der Waals surface area contributed by atoms with Gasteiger partial charge in [-0.2, -0.15) is 5.10 Å². The Hall–Kier alpha value is -3.49. The van der Waals surface area contributed by atoms with Crippen LogP contribution in [0.5, 0.6) is 0 Å². The molecule has 0 bridgehead atoms. The number of aromatic nitrogens is 3. The van der Waals surface area contributed by atoms with Gasteiger partial charge in [0.25, 0.3) is 11.5 Å². The number of nitrogens with zero attached hydrogens (tertiary/aromatic N) is 4. The molecule has 2 aromatic heterocycles. The third-order valence-corrected chi connectivity index (χ3v) is 6.49. The number of hydrogen-bond donors (Lipinski definition) is 2. The summed E-state index contributed by atoms with van der Waals surface area (Å²) in [7, 11) is 0. The molecule has 8 nitrogen and oxygen atoms in total. The molecule has 1 aliphatic rings. The molecule has 0 aliphatic carbocycles. The number of para-hydroxylation sites is 1. The molecule has 1 aliphatic heterocycles. The van der Waals surface area contributed by atoms with Gasteiger partial charge in [0.15, 0.2) is 0 Å². The maximum absolute atomic E-state index is 13.0. The lowest BCUT2D eigenvalue weighted by Gasteiger charge is -2.34. The highest BCUT2D eigenvalue weighted by Crippen LogP contribution is 2.16. The number of fused-ring (bicyclic) bond motifs is 3. The number of hydrogen-bond acceptors (Lipinski definition) is 5. The van der Waals surface area contributed by atoms with Crippen LogP contribution < -0.4 is 10.9 Å². The molecule has 3 heterocycles. The van der Waals surface area contributed by atoms with Gasteiger partial charge in [-0.15, -0.1) is 0 Å². The zero-order chi connectivity index (χ0) is 22.8. The Bertz CT molecular complexity index is 1350. The summed E-state index contributed by atoms with van der Waals surface area (Å²) in [5, 5.41) is 7.90. The van der Waals surface area contributed by atoms with E-state index in [0.717, 1.165) is 44.8 Å². The maximum Gasteiger partial charge on any atom is 0.259 e. The minimum Gasteiger partial charge on any atom is -0.348 e. The highest BCUT2D eigenvalue weighted by atomic mass is 16.2. The molecular formula is C25H28N6O2. The normalized spacial score (nSPS) is 15.3. The van der Waals surface area contributed by atoms with Gasteiger partial charge in [-0.05, 0) is 29.8 Å². The van der Waals surface area contributed by atoms with Crippen LogP contribution in [0.1, 0.15) is 28.4 Å². The Balaban J connectivity index is 1.32. The van der Waals surface area contributed by atoms with Crippen LogP contribution in [-0.4, -0.2) is 63.0 Å². The van der Waals surface area contributed by atoms with E-state index in [-0.39, 0.29) is 11.5 Å². The Labute approximate surface area is 191 Å². The van der Waals surface area contributed by atoms with Crippen molar-refractivity contribution in [2.24, 2.45) is 0 Å². The van der Waals surface area contributed by atoms with E-state index in [1.807, 2.05) is 30.3 Å². The number of aromatic amines is 1. The van der Waals surface area contributed by atoms with Gasteiger partial charge >= 0.3 is 0 Å². The first kappa shape index (κ1) is 21.4. The minimum absolute atomic E-state index is 0.235. The number of H-pyrrole nitrogens is 1. The van der Waals surface area contributed by atoms with Crippen molar-refractivity contribution in [3.05, 3.63) is 81.8 Å². The Morgan fingerprint density at radius 1 is 1.00 bits per heavy atom. The van der Waals surface area contributed by atoms with Crippen molar-refractivity contribution < 1.29 is 4.79 Å². The summed E-state index contributed by atoms with van der Waals surface area (Å²) in [5.74, 6) is -0.262. The molecule has 170 valence electrons. The Kier molecular flexibility index (Phi) is 5.93. The highest BCUT2D eigenvalue weighted by molar-refractivity contribution is 6.00. The van der Waals surface area contributed by atoms with E-state index in [9.17, 15) is 9.59 Å². The fourth-order valence-electron chi connectivity index (χ4n) is 4.50. The predicted octanol–water partition coefficient (Wildman–Crippen LogP) is 2.24. The number of rotatable bonds is 6. The molecule has 8 heteroatoms. The van der Waals surface area contributed by atoms with Crippen LogP contribution >= 0.6 is 0 Å². The van der Waals surface area contributed by atoms with Crippen molar-refractivity contribution in [3.63, 3.8) is 0 Å². The van der Waals surface area contributed by atoms with Crippen LogP contribution in [0, 0.1) is 0 Å². The van der Waals surface area contributed by atoms with Crippen LogP contribution in [0.3, 0.4) is 0 Å². The number of carbonyl (C=O) groups is 1. The number of carbonyl (C=O) groups excluding carboxylic acids is 1. The summed E-state index contributed by atoms with van der Waals surface area (Å²) >= 11 is 0. The van der Waals surface area contributed by atoms with E-state index in [4.69, 9.17) is 0 Å². The molecular weight excluding hydrogens is 416 g/mol. The SMILES string of the molecule is CCN1CCN(Cc2ccccc2CNC(=O)c2cnn3c2[nH]c(=O)c2ccccc23)CC1. The van der Waals surface area contributed by atoms with Gasteiger partial charge < -0.3 is 15.2 Å². The molecule has 1 fully saturated rings. The van der Waals surface area contributed by atoms with Gasteiger partial charge in [-0.3, -0.25) is 14.5 Å². The average molecular weight is 445 g/mol. The summed E-state index contributed by atoms with van der Waals surface area (Å²) in [6, 6.07) is 15.5. The fourth-order valence-corrected chi connectivity index (χ4v) is 4.50. The van der Waals surface area contributed by atoms with Crippen LogP contribution in [0.15, 0.2) is 59.5 Å². The van der Waals surface area contributed by atoms with Crippen molar-refractivity contribution in [2.75, 3.05) is 32.7 Å². The fraction of sp³-hybridized carbons (Fsp3) is 0.320. The lowest BCUT2D eigenvalue weighted by atomic mass is 10.1. The monoisotopic (exact) mass is 444 g/mol. The molecule has 0 unspecified atom stereocenters. The topological polar surface area (TPSA) is 85.7 Å². The van der Waals surface area contributed by atoms with Gasteiger partial charge in [0.05, 0.1) is 17.1 Å². The lowest BCUT2D eigenvalue weighted by Crippen LogP contribution is -2.45. The number of piperazine rings is 1. The standard InChI is InChI=1S/C25H28N6O2/c1-2-29-11-13-30(14-12-29)17-19-8-4-3-7-18(19)15-26-24(32)21-16-27-31-22-10-6-5-9-20(22)25(33)28-23(21)31/h3-10,16H,2,11-15,17H2,1H3,(H,26,32)(H,28,33). The molecule has 0 spiro atoms. The quantitative estimate of drug-likeness (QED) is 0.476. The summed E-state index contributed by atoms with van der Waals surface area (Å²) in [6.45, 7) is 8.89. The van der Waals surface area contributed by atoms with E-state index in [0.29, 0.717) is 28.7 Å². The van der Waals surface area contributed by atoms with E-state index >= 15 is 0 Å². The molecule has 1 amide bonds. The Morgan fingerprint density at radius 3 is 2.48 bits per heavy atom. The number of amides is 1. The molecule has 5 rings (SSSR count). The van der Waals surface area contributed by atoms with Gasteiger partial charge in [0.2, 0.25) is 0 Å². The first-order chi connectivity index (χ1) is 16.1. The van der Waals surface area contributed by atoms with Crippen molar-refractivity contribution in [3.8, 4) is 0 Å². The molecule has 33 heavy (non-hydrogen) atoms. The molecule has 2 N–H and O–H groups in total. The molecule has 0 saturated carbocycles. The summed E-state index contributed by atoms with van der Waals surface area (Å²) in [6.07, 6.45) is 1.51. The zero-order valence-corrected chi connectivity index (χ0v) is 18.8. The first-order valence-electron chi connectivity index (χ1n) is 11.4. The second kappa shape index (κ2) is 9.17. The summed E-state index contributed by atoms with van der Waals surface area (Å²) < 4.78 is 1.61. The third kappa shape index (κ3) is 4.27. The van der Waals surface area contributed by atoms with E-state index in [1.165, 1.54) is 11.8 Å². The maximum atomic E-state index is 13.0. The van der Waals surface area contributed by atoms with Gasteiger partial charge in [-0.25, -0.2) is 4.52 Å². The van der Waals surface area contributed by atoms with Gasteiger partial charge in [-0.1, -0.05) is 43.3 Å². The second-order valence-electron chi connectivity index (χ2n) is 8.45. The van der Waals surface area contributed by atoms with E-state index < -0.39 is 0 Å². The van der Waals surface area contributed by atoms with Crippen LogP contribution in [-0.2, 0) is 13.1 Å². The van der Waals surface area contributed by atoms with Crippen molar-refractivity contribution in [1.29, 1.82) is 0 Å². The van der Waals surface area contributed by atoms with Gasteiger partial charge in [0, 0.05) is 39.3 Å². The van der Waals surface area contributed by atoms with Crippen LogP contribution in [0.25, 0.3) is 16.6 Å². The number of likely N-dealkylation sites (N-methyl/N-ethyl adjacent to an activating group) is 1. The second-order valence-corrected chi connectivity index (χ2v) is 8.45. The van der Waals surface area contributed by atoms with Crippen LogP contribution in [0.2, 0.25) is 0 Å². The summed E-state index contributed by atoms with van der Waals surface area (Å²) in [5.41, 5.74) is 3.51. The smallest absolute Gasteiger partial charge is 0.259 e. The minimum atomic E-state index is -0.262. The number of nitrogens with one attached hydrogen (secondary N) is 2. The average Bonchev–Trinajstić information content (AvgIpc) is 3.28. The molecule has 0 radical (unpaired) electrons. The molecule has 1 saturated heterocycles. The Morgan fingerprint density at radius 2 is 1.70 bits per heavy atom. The predicted molar refractivity (Wildman–Crippen MR) is 128 cm³/mol. The highest BCUT2D eigenvalue weighted by Gasteiger charge is 2.18. The van der Waals surface area contributed by atoms with Crippen molar-refractivity contribution in [2.45, 2.75) is 20.0 Å². The molecule has 0 atom stereocenters. The zero-order valence-electron chi connectivity index (χ0n) is 18.8. The van der Waals surface area contributed by atoms with E-state index in [2.05, 4.69) is 44.3 Å². The van der Waals surface area contributed by atoms with Crippen LogP contribution in [0.4, 0.5) is 0 Å². The van der Waals surface area contributed by atoms with Gasteiger partial charge in [0.1, 0.15) is 11.2 Å². The molecule has 2 aromatic carbocycles. The largest absolute Gasteiger partial charge is 0.348 e. The van der Waals surface area contributed by atoms with Crippen molar-refractivity contribution in [1.82, 2.24) is 29.7 Å². The summed E-state index contributed by atoms with van der Waals surface area (Å²) in [4.78, 5) is 33.2.